The van der Waals surface area contributed by atoms with Gasteiger partial charge in [-0.05, 0) is 54.3 Å². The first kappa shape index (κ1) is 28.0. The molecule has 0 radical (unpaired) electrons. The highest BCUT2D eigenvalue weighted by Gasteiger charge is 2.28. The molecule has 4 aromatic rings. The van der Waals surface area contributed by atoms with Crippen LogP contribution in [0.1, 0.15) is 39.4 Å². The highest BCUT2D eigenvalue weighted by molar-refractivity contribution is 7.98. The number of pyridine rings is 1. The van der Waals surface area contributed by atoms with Crippen molar-refractivity contribution in [1.82, 2.24) is 9.97 Å². The van der Waals surface area contributed by atoms with Crippen LogP contribution in [0.4, 0.5) is 22.0 Å². The molecule has 0 bridgehead atoms. The zero-order valence-electron chi connectivity index (χ0n) is 20.2. The Kier molecular flexibility index (Phi) is 8.44. The van der Waals surface area contributed by atoms with Crippen molar-refractivity contribution in [3.63, 3.8) is 0 Å². The molecule has 0 aliphatic rings. The summed E-state index contributed by atoms with van der Waals surface area (Å²) in [7, 11) is 0. The fraction of sp³-hybridized carbons (Fsp3) is 0.185. The number of carbonyl (C=O) groups is 2. The lowest BCUT2D eigenvalue weighted by Crippen LogP contribution is -2.11. The molecule has 0 saturated carbocycles. The van der Waals surface area contributed by atoms with Crippen molar-refractivity contribution >= 4 is 23.3 Å². The maximum Gasteiger partial charge on any atom is 0.389 e. The number of hydrogen-bond acceptors (Lipinski definition) is 7. The number of carbonyl (C=O) groups excluding carboxylic acids is 2. The molecule has 0 saturated heterocycles. The van der Waals surface area contributed by atoms with Crippen LogP contribution in [0.3, 0.4) is 0 Å². The first-order valence-corrected chi connectivity index (χ1v) is 12.6. The van der Waals surface area contributed by atoms with Gasteiger partial charge in [0.2, 0.25) is 0 Å². The van der Waals surface area contributed by atoms with Crippen LogP contribution >= 0.6 is 11.8 Å². The summed E-state index contributed by atoms with van der Waals surface area (Å²) >= 11 is 1.18. The number of aromatic nitrogens is 2. The quantitative estimate of drug-likeness (QED) is 0.113. The van der Waals surface area contributed by atoms with Crippen LogP contribution < -0.4 is 4.74 Å². The molecule has 2 aromatic carbocycles. The van der Waals surface area contributed by atoms with Crippen molar-refractivity contribution in [3.05, 3.63) is 89.4 Å². The van der Waals surface area contributed by atoms with Gasteiger partial charge in [0.05, 0.1) is 6.42 Å². The average Bonchev–Trinajstić information content (AvgIpc) is 3.34. The third-order valence-corrected chi connectivity index (χ3v) is 5.92. The number of halogens is 5. The Morgan fingerprint density at radius 3 is 2.41 bits per heavy atom. The molecule has 4 rings (SSSR count). The van der Waals surface area contributed by atoms with Crippen LogP contribution in [0.2, 0.25) is 0 Å². The molecule has 0 aliphatic carbocycles. The van der Waals surface area contributed by atoms with Crippen molar-refractivity contribution < 1.29 is 40.7 Å². The minimum absolute atomic E-state index is 0.000725. The smallest absolute Gasteiger partial charge is 0.389 e. The first-order chi connectivity index (χ1) is 18.5. The first-order valence-electron chi connectivity index (χ1n) is 11.4. The minimum Gasteiger partial charge on any atom is -0.454 e. The third-order valence-electron chi connectivity index (χ3n) is 5.39. The van der Waals surface area contributed by atoms with E-state index in [1.165, 1.54) is 60.4 Å². The van der Waals surface area contributed by atoms with Gasteiger partial charge in [-0.15, -0.1) is 0 Å². The second-order valence-electron chi connectivity index (χ2n) is 8.25. The normalized spacial score (nSPS) is 11.4. The van der Waals surface area contributed by atoms with E-state index in [2.05, 4.69) is 9.97 Å². The van der Waals surface area contributed by atoms with Gasteiger partial charge in [0, 0.05) is 30.7 Å². The fourth-order valence-electron chi connectivity index (χ4n) is 3.52. The van der Waals surface area contributed by atoms with Gasteiger partial charge in [-0.1, -0.05) is 17.8 Å². The van der Waals surface area contributed by atoms with E-state index in [4.69, 9.17) is 9.15 Å². The van der Waals surface area contributed by atoms with Gasteiger partial charge in [-0.3, -0.25) is 14.6 Å². The number of ketones is 2. The van der Waals surface area contributed by atoms with Crippen LogP contribution in [0.5, 0.6) is 11.5 Å². The number of hydrogen-bond donors (Lipinski definition) is 0. The summed E-state index contributed by atoms with van der Waals surface area (Å²) in [5.41, 5.74) is 0.539. The van der Waals surface area contributed by atoms with Crippen LogP contribution in [0.15, 0.2) is 70.4 Å². The summed E-state index contributed by atoms with van der Waals surface area (Å²) in [6.07, 6.45) is -3.88. The summed E-state index contributed by atoms with van der Waals surface area (Å²) in [6.45, 7) is 0. The van der Waals surface area contributed by atoms with E-state index < -0.39 is 42.2 Å². The van der Waals surface area contributed by atoms with Crippen molar-refractivity contribution in [2.45, 2.75) is 30.7 Å². The summed E-state index contributed by atoms with van der Waals surface area (Å²) in [5, 5.41) is 0.237. The Morgan fingerprint density at radius 2 is 1.74 bits per heavy atom. The third kappa shape index (κ3) is 7.29. The molecule has 2 heterocycles. The SMILES string of the molecule is CSc1nc(C(=O)Cc2ccc(Oc3ccnc(C(=O)CCC(F)(F)F)c3)c(F)c2)c(-c2ccc(F)cc2)o1. The largest absolute Gasteiger partial charge is 0.454 e. The molecule has 39 heavy (non-hydrogen) atoms. The molecular formula is C27H19F5N2O4S. The number of nitrogens with zero attached hydrogens (tertiary/aromatic N) is 2. The van der Waals surface area contributed by atoms with E-state index in [0.29, 0.717) is 11.1 Å². The zero-order valence-corrected chi connectivity index (χ0v) is 21.0. The van der Waals surface area contributed by atoms with Gasteiger partial charge in [-0.2, -0.15) is 18.2 Å². The van der Waals surface area contributed by atoms with Gasteiger partial charge in [-0.25, -0.2) is 8.78 Å². The van der Waals surface area contributed by atoms with E-state index in [1.807, 2.05) is 0 Å². The molecule has 12 heteroatoms. The number of alkyl halides is 3. The van der Waals surface area contributed by atoms with Crippen molar-refractivity contribution in [3.8, 4) is 22.8 Å². The van der Waals surface area contributed by atoms with Crippen LogP contribution in [0, 0.1) is 11.6 Å². The molecule has 0 N–H and O–H groups in total. The van der Waals surface area contributed by atoms with E-state index in [9.17, 15) is 31.5 Å². The molecule has 0 atom stereocenters. The highest BCUT2D eigenvalue weighted by Crippen LogP contribution is 2.31. The maximum absolute atomic E-state index is 14.8. The summed E-state index contributed by atoms with van der Waals surface area (Å²) in [5.74, 6) is -2.62. The molecule has 0 aliphatic heterocycles. The van der Waals surface area contributed by atoms with Gasteiger partial charge >= 0.3 is 6.18 Å². The number of benzene rings is 2. The van der Waals surface area contributed by atoms with E-state index >= 15 is 0 Å². The van der Waals surface area contributed by atoms with Crippen molar-refractivity contribution in [2.24, 2.45) is 0 Å². The Hall–Kier alpha value is -4.06. The van der Waals surface area contributed by atoms with E-state index in [1.54, 1.807) is 6.26 Å². The molecule has 0 amide bonds. The number of oxazole rings is 1. The van der Waals surface area contributed by atoms with Crippen molar-refractivity contribution in [1.29, 1.82) is 0 Å². The predicted octanol–water partition coefficient (Wildman–Crippen LogP) is 7.48. The molecule has 202 valence electrons. The Labute approximate surface area is 223 Å². The van der Waals surface area contributed by atoms with Crippen molar-refractivity contribution in [2.75, 3.05) is 6.26 Å². The van der Waals surface area contributed by atoms with Crippen LogP contribution in [-0.4, -0.2) is 34.0 Å². The van der Waals surface area contributed by atoms with E-state index in [-0.39, 0.29) is 40.3 Å². The summed E-state index contributed by atoms with van der Waals surface area (Å²) in [6, 6.07) is 11.6. The van der Waals surface area contributed by atoms with E-state index in [0.717, 1.165) is 12.1 Å². The standard InChI is InChI=1S/C27H19F5N2O4S/c1-39-26-34-24(25(38-26)16-3-5-17(28)6-4-16)22(36)13-15-2-7-23(19(29)12-15)37-18-9-11-33-20(14-18)21(35)8-10-27(30,31)32/h2-7,9,11-12,14H,8,10,13H2,1H3. The average molecular weight is 563 g/mol. The fourth-order valence-corrected chi connectivity index (χ4v) is 3.87. The Bertz CT molecular complexity index is 1500. The Morgan fingerprint density at radius 1 is 1.00 bits per heavy atom. The lowest BCUT2D eigenvalue weighted by molar-refractivity contribution is -0.133. The molecule has 0 fully saturated rings. The van der Waals surface area contributed by atoms with Gasteiger partial charge in [0.1, 0.15) is 17.3 Å². The molecule has 0 unspecified atom stereocenters. The number of rotatable bonds is 10. The molecule has 0 spiro atoms. The number of thioether (sulfide) groups is 1. The van der Waals surface area contributed by atoms with Gasteiger partial charge in [0.25, 0.3) is 5.22 Å². The molecular weight excluding hydrogens is 543 g/mol. The molecule has 2 aromatic heterocycles. The summed E-state index contributed by atoms with van der Waals surface area (Å²) < 4.78 is 76.5. The summed E-state index contributed by atoms with van der Waals surface area (Å²) in [4.78, 5) is 33.0. The lowest BCUT2D eigenvalue weighted by atomic mass is 10.0. The second-order valence-corrected chi connectivity index (χ2v) is 9.01. The second kappa shape index (κ2) is 11.8. The minimum atomic E-state index is -4.48. The van der Waals surface area contributed by atoms with Gasteiger partial charge < -0.3 is 9.15 Å². The number of ether oxygens (including phenoxy) is 1. The van der Waals surface area contributed by atoms with Gasteiger partial charge in [0.15, 0.2) is 34.6 Å². The highest BCUT2D eigenvalue weighted by atomic mass is 32.2. The lowest BCUT2D eigenvalue weighted by Gasteiger charge is -2.10. The monoisotopic (exact) mass is 562 g/mol. The molecule has 6 nitrogen and oxygen atoms in total. The van der Waals surface area contributed by atoms with Crippen LogP contribution in [0.25, 0.3) is 11.3 Å². The topological polar surface area (TPSA) is 82.3 Å². The van der Waals surface area contributed by atoms with Crippen LogP contribution in [-0.2, 0) is 6.42 Å². The predicted molar refractivity (Wildman–Crippen MR) is 132 cm³/mol. The maximum atomic E-state index is 14.8. The number of Topliss-reactive ketones (excluding diaryl/α,β-unsaturated/α-hetero) is 2. The Balaban J connectivity index is 1.48. The zero-order chi connectivity index (χ0) is 28.2.